The molecule has 1 heterocycles. The highest BCUT2D eigenvalue weighted by Gasteiger charge is 2.13. The molecule has 0 unspecified atom stereocenters. The molecule has 0 fully saturated rings. The molecule has 0 saturated carbocycles. The van der Waals surface area contributed by atoms with E-state index in [9.17, 15) is 8.42 Å². The Hall–Kier alpha value is -0.980. The highest BCUT2D eigenvalue weighted by molar-refractivity contribution is 9.10. The molecule has 15 heavy (non-hydrogen) atoms. The van der Waals surface area contributed by atoms with Crippen LogP contribution in [0, 0.1) is 0 Å². The first kappa shape index (κ1) is 10.5. The molecule has 0 aliphatic rings. The second-order valence-corrected chi connectivity index (χ2v) is 5.26. The van der Waals surface area contributed by atoms with Gasteiger partial charge in [-0.05, 0) is 34.1 Å². The summed E-state index contributed by atoms with van der Waals surface area (Å²) in [5, 5.41) is 0.398. The van der Waals surface area contributed by atoms with Crippen LogP contribution >= 0.6 is 15.9 Å². The SMILES string of the molecule is O=S(=O)(O)c1cccc2ncc(Br)cc12. The van der Waals surface area contributed by atoms with E-state index >= 15 is 0 Å². The minimum absolute atomic E-state index is 0.131. The van der Waals surface area contributed by atoms with Gasteiger partial charge in [-0.1, -0.05) is 6.07 Å². The minimum atomic E-state index is -4.21. The molecule has 0 amide bonds. The molecule has 2 rings (SSSR count). The second-order valence-electron chi connectivity index (χ2n) is 2.95. The fourth-order valence-electron chi connectivity index (χ4n) is 1.32. The van der Waals surface area contributed by atoms with E-state index in [1.54, 1.807) is 18.3 Å². The summed E-state index contributed by atoms with van der Waals surface area (Å²) in [6.07, 6.45) is 1.57. The lowest BCUT2D eigenvalue weighted by Crippen LogP contribution is -1.99. The second kappa shape index (κ2) is 3.55. The smallest absolute Gasteiger partial charge is 0.282 e. The van der Waals surface area contributed by atoms with Crippen LogP contribution in [0.25, 0.3) is 10.9 Å². The van der Waals surface area contributed by atoms with Crippen LogP contribution in [0.1, 0.15) is 0 Å². The molecular formula is C9H6BrNO3S. The van der Waals surface area contributed by atoms with Crippen LogP contribution in [0.2, 0.25) is 0 Å². The quantitative estimate of drug-likeness (QED) is 0.817. The maximum Gasteiger partial charge on any atom is 0.295 e. The Morgan fingerprint density at radius 2 is 2.07 bits per heavy atom. The van der Waals surface area contributed by atoms with Crippen LogP contribution in [-0.4, -0.2) is 18.0 Å². The third-order valence-electron chi connectivity index (χ3n) is 1.93. The molecule has 1 aromatic carbocycles. The van der Waals surface area contributed by atoms with Gasteiger partial charge in [0, 0.05) is 16.1 Å². The fraction of sp³-hybridized carbons (Fsp3) is 0. The summed E-state index contributed by atoms with van der Waals surface area (Å²) in [6, 6.07) is 6.15. The lowest BCUT2D eigenvalue weighted by atomic mass is 10.2. The zero-order chi connectivity index (χ0) is 11.1. The van der Waals surface area contributed by atoms with Gasteiger partial charge in [-0.25, -0.2) is 0 Å². The standard InChI is InChI=1S/C9H6BrNO3S/c10-6-4-7-8(11-5-6)2-1-3-9(7)15(12,13)14/h1-5H,(H,12,13,14). The van der Waals surface area contributed by atoms with Crippen LogP contribution in [-0.2, 0) is 10.1 Å². The summed E-state index contributed by atoms with van der Waals surface area (Å²) in [4.78, 5) is 3.90. The van der Waals surface area contributed by atoms with Crippen LogP contribution < -0.4 is 0 Å². The monoisotopic (exact) mass is 287 g/mol. The molecule has 0 radical (unpaired) electrons. The van der Waals surface area contributed by atoms with Crippen molar-refractivity contribution in [3.8, 4) is 0 Å². The van der Waals surface area contributed by atoms with Crippen molar-refractivity contribution in [2.24, 2.45) is 0 Å². The number of hydrogen-bond donors (Lipinski definition) is 1. The van der Waals surface area contributed by atoms with Crippen molar-refractivity contribution in [1.29, 1.82) is 0 Å². The number of halogens is 1. The van der Waals surface area contributed by atoms with E-state index < -0.39 is 10.1 Å². The molecule has 0 atom stereocenters. The van der Waals surface area contributed by atoms with Gasteiger partial charge in [0.15, 0.2) is 0 Å². The van der Waals surface area contributed by atoms with Crippen molar-refractivity contribution in [3.05, 3.63) is 34.9 Å². The highest BCUT2D eigenvalue weighted by atomic mass is 79.9. The van der Waals surface area contributed by atoms with Gasteiger partial charge in [-0.2, -0.15) is 8.42 Å². The highest BCUT2D eigenvalue weighted by Crippen LogP contribution is 2.24. The summed E-state index contributed by atoms with van der Waals surface area (Å²) in [7, 11) is -4.21. The number of hydrogen-bond acceptors (Lipinski definition) is 3. The van der Waals surface area contributed by atoms with Crippen LogP contribution in [0.3, 0.4) is 0 Å². The van der Waals surface area contributed by atoms with Crippen LogP contribution in [0.5, 0.6) is 0 Å². The van der Waals surface area contributed by atoms with Crippen molar-refractivity contribution in [3.63, 3.8) is 0 Å². The molecule has 1 aromatic heterocycles. The summed E-state index contributed by atoms with van der Waals surface area (Å²) in [6.45, 7) is 0. The van der Waals surface area contributed by atoms with Gasteiger partial charge in [-0.15, -0.1) is 0 Å². The molecule has 1 N–H and O–H groups in total. The van der Waals surface area contributed by atoms with E-state index in [1.807, 2.05) is 0 Å². The molecule has 0 spiro atoms. The first-order valence-electron chi connectivity index (χ1n) is 4.00. The summed E-state index contributed by atoms with van der Waals surface area (Å²) in [5.41, 5.74) is 0.522. The van der Waals surface area contributed by atoms with E-state index in [0.717, 1.165) is 0 Å². The minimum Gasteiger partial charge on any atom is -0.282 e. The van der Waals surface area contributed by atoms with E-state index in [2.05, 4.69) is 20.9 Å². The Morgan fingerprint density at radius 1 is 1.33 bits per heavy atom. The number of rotatable bonds is 1. The Bertz CT molecular complexity index is 624. The fourth-order valence-corrected chi connectivity index (χ4v) is 2.34. The van der Waals surface area contributed by atoms with Crippen molar-refractivity contribution in [2.45, 2.75) is 4.90 Å². The van der Waals surface area contributed by atoms with Crippen molar-refractivity contribution < 1.29 is 13.0 Å². The molecule has 4 nitrogen and oxygen atoms in total. The van der Waals surface area contributed by atoms with Gasteiger partial charge in [0.2, 0.25) is 0 Å². The predicted molar refractivity (Wildman–Crippen MR) is 59.3 cm³/mol. The van der Waals surface area contributed by atoms with Crippen LogP contribution in [0.4, 0.5) is 0 Å². The molecule has 78 valence electrons. The molecule has 2 aromatic rings. The maximum atomic E-state index is 11.1. The lowest BCUT2D eigenvalue weighted by molar-refractivity contribution is 0.484. The van der Waals surface area contributed by atoms with Gasteiger partial charge < -0.3 is 0 Å². The molecule has 0 aliphatic carbocycles. The van der Waals surface area contributed by atoms with E-state index in [4.69, 9.17) is 4.55 Å². The van der Waals surface area contributed by atoms with Crippen molar-refractivity contribution >= 4 is 37.0 Å². The normalized spacial score (nSPS) is 11.9. The Morgan fingerprint density at radius 3 is 2.73 bits per heavy atom. The number of pyridine rings is 1. The first-order chi connectivity index (χ1) is 6.98. The van der Waals surface area contributed by atoms with Gasteiger partial charge in [0.05, 0.1) is 5.52 Å². The topological polar surface area (TPSA) is 67.3 Å². The Balaban J connectivity index is 2.92. The van der Waals surface area contributed by atoms with Gasteiger partial charge in [-0.3, -0.25) is 9.54 Å². The predicted octanol–water partition coefficient (Wildman–Crippen LogP) is 2.24. The van der Waals surface area contributed by atoms with Crippen molar-refractivity contribution in [1.82, 2.24) is 4.98 Å². The van der Waals surface area contributed by atoms with Gasteiger partial charge >= 0.3 is 0 Å². The summed E-state index contributed by atoms with van der Waals surface area (Å²) >= 11 is 3.19. The largest absolute Gasteiger partial charge is 0.295 e. The molecule has 6 heteroatoms. The number of benzene rings is 1. The molecule has 0 aliphatic heterocycles. The zero-order valence-electron chi connectivity index (χ0n) is 7.38. The average molecular weight is 288 g/mol. The number of fused-ring (bicyclic) bond motifs is 1. The molecular weight excluding hydrogens is 282 g/mol. The summed E-state index contributed by atoms with van der Waals surface area (Å²) in [5.74, 6) is 0. The lowest BCUT2D eigenvalue weighted by Gasteiger charge is -2.02. The van der Waals surface area contributed by atoms with Crippen molar-refractivity contribution in [2.75, 3.05) is 0 Å². The third kappa shape index (κ3) is 2.01. The number of nitrogens with zero attached hydrogens (tertiary/aromatic N) is 1. The van der Waals surface area contributed by atoms with E-state index in [0.29, 0.717) is 15.4 Å². The molecule has 0 bridgehead atoms. The Kier molecular flexibility index (Phi) is 2.49. The van der Waals surface area contributed by atoms with E-state index in [1.165, 1.54) is 12.1 Å². The Labute approximate surface area is 94.8 Å². The molecule has 0 saturated heterocycles. The van der Waals surface area contributed by atoms with Gasteiger partial charge in [0.25, 0.3) is 10.1 Å². The summed E-state index contributed by atoms with van der Waals surface area (Å²) < 4.78 is 31.8. The third-order valence-corrected chi connectivity index (χ3v) is 3.28. The first-order valence-corrected chi connectivity index (χ1v) is 6.23. The maximum absolute atomic E-state index is 11.1. The van der Waals surface area contributed by atoms with Crippen LogP contribution in [0.15, 0.2) is 39.8 Å². The van der Waals surface area contributed by atoms with Gasteiger partial charge in [0.1, 0.15) is 4.90 Å². The zero-order valence-corrected chi connectivity index (χ0v) is 9.79. The number of aromatic nitrogens is 1. The average Bonchev–Trinajstić information content (AvgIpc) is 2.15. The van der Waals surface area contributed by atoms with E-state index in [-0.39, 0.29) is 4.90 Å².